The highest BCUT2D eigenvalue weighted by Gasteiger charge is 2.44. The molecule has 120 valence electrons. The highest BCUT2D eigenvalue weighted by atomic mass is 35.5. The predicted molar refractivity (Wildman–Crippen MR) is 87.0 cm³/mol. The molecule has 0 saturated carbocycles. The van der Waals surface area contributed by atoms with Gasteiger partial charge < -0.3 is 15.4 Å². The number of nitrogens with zero attached hydrogens (tertiary/aromatic N) is 1. The molecular formula is C17H23ClN2O2. The Hall–Kier alpha value is -1.10. The van der Waals surface area contributed by atoms with E-state index in [1.54, 1.807) is 0 Å². The monoisotopic (exact) mass is 322 g/mol. The summed E-state index contributed by atoms with van der Waals surface area (Å²) in [7, 11) is 0. The number of hydrogen-bond acceptors (Lipinski definition) is 3. The average molecular weight is 323 g/mol. The molecule has 3 rings (SSSR count). The maximum Gasteiger partial charge on any atom is 0.233 e. The quantitative estimate of drug-likeness (QED) is 0.909. The summed E-state index contributed by atoms with van der Waals surface area (Å²) in [6.45, 7) is 2.67. The largest absolute Gasteiger partial charge is 0.381 e. The number of carbonyl (C=O) groups is 1. The van der Waals surface area contributed by atoms with E-state index in [2.05, 4.69) is 0 Å². The summed E-state index contributed by atoms with van der Waals surface area (Å²) in [5.74, 6) is 0.188. The fourth-order valence-electron chi connectivity index (χ4n) is 3.63. The molecule has 22 heavy (non-hydrogen) atoms. The molecule has 2 saturated heterocycles. The minimum atomic E-state index is -0.514. The van der Waals surface area contributed by atoms with E-state index < -0.39 is 5.41 Å². The fraction of sp³-hybridized carbons (Fsp3) is 0.588. The van der Waals surface area contributed by atoms with E-state index in [0.717, 1.165) is 24.9 Å². The molecule has 1 aromatic carbocycles. The third-order valence-electron chi connectivity index (χ3n) is 4.88. The first-order chi connectivity index (χ1) is 10.6. The molecule has 4 nitrogen and oxygen atoms in total. The Balaban J connectivity index is 1.93. The number of ether oxygens (including phenoxy) is 1. The Kier molecular flexibility index (Phi) is 4.71. The van der Waals surface area contributed by atoms with Crippen molar-refractivity contribution in [3.05, 3.63) is 34.9 Å². The topological polar surface area (TPSA) is 55.6 Å². The van der Waals surface area contributed by atoms with Crippen LogP contribution >= 0.6 is 11.6 Å². The first-order valence-corrected chi connectivity index (χ1v) is 8.38. The Morgan fingerprint density at radius 2 is 2.14 bits per heavy atom. The van der Waals surface area contributed by atoms with Gasteiger partial charge in [-0.15, -0.1) is 0 Å². The second kappa shape index (κ2) is 6.57. The fourth-order valence-corrected chi connectivity index (χ4v) is 3.82. The van der Waals surface area contributed by atoms with Gasteiger partial charge in [0, 0.05) is 37.4 Å². The van der Waals surface area contributed by atoms with Crippen LogP contribution in [0.1, 0.15) is 31.2 Å². The number of nitrogens with two attached hydrogens (primary N) is 1. The summed E-state index contributed by atoms with van der Waals surface area (Å²) in [6, 6.07) is 7.80. The van der Waals surface area contributed by atoms with E-state index in [1.165, 1.54) is 0 Å². The zero-order valence-electron chi connectivity index (χ0n) is 12.8. The lowest BCUT2D eigenvalue weighted by molar-refractivity contribution is -0.142. The second-order valence-electron chi connectivity index (χ2n) is 6.36. The smallest absolute Gasteiger partial charge is 0.233 e. The molecule has 0 radical (unpaired) electrons. The van der Waals surface area contributed by atoms with Crippen LogP contribution in [0.25, 0.3) is 0 Å². The van der Waals surface area contributed by atoms with Gasteiger partial charge in [-0.25, -0.2) is 0 Å². The molecule has 1 aromatic rings. The van der Waals surface area contributed by atoms with E-state index in [9.17, 15) is 4.79 Å². The van der Waals surface area contributed by atoms with Gasteiger partial charge >= 0.3 is 0 Å². The van der Waals surface area contributed by atoms with Gasteiger partial charge in [0.2, 0.25) is 5.91 Å². The highest BCUT2D eigenvalue weighted by Crippen LogP contribution is 2.38. The molecule has 0 aliphatic carbocycles. The molecule has 1 amide bonds. The lowest BCUT2D eigenvalue weighted by atomic mass is 9.72. The number of rotatable bonds is 2. The lowest BCUT2D eigenvalue weighted by Gasteiger charge is -2.42. The van der Waals surface area contributed by atoms with E-state index in [0.29, 0.717) is 37.6 Å². The molecule has 1 unspecified atom stereocenters. The van der Waals surface area contributed by atoms with Crippen LogP contribution in [0.15, 0.2) is 24.3 Å². The van der Waals surface area contributed by atoms with E-state index in [4.69, 9.17) is 22.1 Å². The van der Waals surface area contributed by atoms with Gasteiger partial charge in [0.1, 0.15) is 0 Å². The normalized spacial score (nSPS) is 25.0. The molecule has 2 aliphatic rings. The lowest BCUT2D eigenvalue weighted by Crippen LogP contribution is -2.54. The molecular weight excluding hydrogens is 300 g/mol. The zero-order valence-corrected chi connectivity index (χ0v) is 13.5. The van der Waals surface area contributed by atoms with Crippen molar-refractivity contribution < 1.29 is 9.53 Å². The van der Waals surface area contributed by atoms with E-state index in [-0.39, 0.29) is 11.9 Å². The van der Waals surface area contributed by atoms with Crippen molar-refractivity contribution in [1.82, 2.24) is 4.90 Å². The molecule has 0 spiro atoms. The van der Waals surface area contributed by atoms with Crippen molar-refractivity contribution in [3.63, 3.8) is 0 Å². The van der Waals surface area contributed by atoms with Crippen molar-refractivity contribution in [2.75, 3.05) is 26.3 Å². The maximum absolute atomic E-state index is 13.3. The predicted octanol–water partition coefficient (Wildman–Crippen LogP) is 2.34. The molecule has 2 fully saturated rings. The molecule has 2 N–H and O–H groups in total. The number of hydrogen-bond donors (Lipinski definition) is 1. The summed E-state index contributed by atoms with van der Waals surface area (Å²) >= 11 is 6.16. The Labute approximate surface area is 136 Å². The van der Waals surface area contributed by atoms with Crippen LogP contribution in [0.4, 0.5) is 0 Å². The van der Waals surface area contributed by atoms with Gasteiger partial charge in [-0.05, 0) is 43.4 Å². The Morgan fingerprint density at radius 3 is 2.82 bits per heavy atom. The highest BCUT2D eigenvalue weighted by molar-refractivity contribution is 6.30. The molecule has 0 aromatic heterocycles. The third kappa shape index (κ3) is 3.00. The van der Waals surface area contributed by atoms with Gasteiger partial charge in [-0.2, -0.15) is 0 Å². The molecule has 2 aliphatic heterocycles. The summed E-state index contributed by atoms with van der Waals surface area (Å²) in [6.07, 6.45) is 3.39. The SMILES string of the molecule is NC1CCCN(C(=O)C2(c3cccc(Cl)c3)CCOCC2)C1. The first-order valence-electron chi connectivity index (χ1n) is 8.00. The van der Waals surface area contributed by atoms with Crippen molar-refractivity contribution in [2.45, 2.75) is 37.1 Å². The number of benzene rings is 1. The van der Waals surface area contributed by atoms with Crippen molar-refractivity contribution in [3.8, 4) is 0 Å². The van der Waals surface area contributed by atoms with Gasteiger partial charge in [0.05, 0.1) is 5.41 Å². The minimum absolute atomic E-state index is 0.0916. The van der Waals surface area contributed by atoms with Gasteiger partial charge in [0.25, 0.3) is 0 Å². The zero-order chi connectivity index (χ0) is 15.6. The van der Waals surface area contributed by atoms with Crippen molar-refractivity contribution in [2.24, 2.45) is 5.73 Å². The standard InChI is InChI=1S/C17H23ClN2O2/c18-14-4-1-3-13(11-14)17(6-9-22-10-7-17)16(21)20-8-2-5-15(19)12-20/h1,3-4,11,15H,2,5-10,12,19H2. The number of likely N-dealkylation sites (tertiary alicyclic amines) is 1. The summed E-state index contributed by atoms with van der Waals surface area (Å²) in [5, 5.41) is 0.673. The molecule has 1 atom stereocenters. The number of piperidine rings is 1. The van der Waals surface area contributed by atoms with E-state index in [1.807, 2.05) is 29.2 Å². The average Bonchev–Trinajstić information content (AvgIpc) is 2.55. The van der Waals surface area contributed by atoms with Crippen molar-refractivity contribution >= 4 is 17.5 Å². The first kappa shape index (κ1) is 15.8. The number of carbonyl (C=O) groups excluding carboxylic acids is 1. The Bertz CT molecular complexity index is 543. The van der Waals surface area contributed by atoms with Crippen LogP contribution in [0.5, 0.6) is 0 Å². The van der Waals surface area contributed by atoms with Crippen LogP contribution in [0.3, 0.4) is 0 Å². The van der Waals surface area contributed by atoms with Crippen LogP contribution in [-0.2, 0) is 14.9 Å². The third-order valence-corrected chi connectivity index (χ3v) is 5.11. The van der Waals surface area contributed by atoms with Gasteiger partial charge in [0.15, 0.2) is 0 Å². The van der Waals surface area contributed by atoms with Crippen LogP contribution in [-0.4, -0.2) is 43.2 Å². The molecule has 0 bridgehead atoms. The summed E-state index contributed by atoms with van der Waals surface area (Å²) in [4.78, 5) is 15.2. The van der Waals surface area contributed by atoms with Gasteiger partial charge in [-0.1, -0.05) is 23.7 Å². The van der Waals surface area contributed by atoms with Crippen LogP contribution < -0.4 is 5.73 Å². The van der Waals surface area contributed by atoms with Gasteiger partial charge in [-0.3, -0.25) is 4.79 Å². The van der Waals surface area contributed by atoms with Crippen LogP contribution in [0, 0.1) is 0 Å². The Morgan fingerprint density at radius 1 is 1.36 bits per heavy atom. The minimum Gasteiger partial charge on any atom is -0.381 e. The van der Waals surface area contributed by atoms with E-state index >= 15 is 0 Å². The number of halogens is 1. The number of amides is 1. The van der Waals surface area contributed by atoms with Crippen molar-refractivity contribution in [1.29, 1.82) is 0 Å². The van der Waals surface area contributed by atoms with Crippen LogP contribution in [0.2, 0.25) is 5.02 Å². The maximum atomic E-state index is 13.3. The summed E-state index contributed by atoms with van der Waals surface area (Å²) < 4.78 is 5.51. The molecule has 5 heteroatoms. The molecule has 2 heterocycles. The summed E-state index contributed by atoms with van der Waals surface area (Å²) in [5.41, 5.74) is 6.55. The second-order valence-corrected chi connectivity index (χ2v) is 6.79.